The highest BCUT2D eigenvalue weighted by molar-refractivity contribution is 5.56. The summed E-state index contributed by atoms with van der Waals surface area (Å²) in [6, 6.07) is 9.93. The monoisotopic (exact) mass is 257 g/mol. The molecule has 0 bridgehead atoms. The van der Waals surface area contributed by atoms with E-state index in [0.29, 0.717) is 0 Å². The summed E-state index contributed by atoms with van der Waals surface area (Å²) in [5.74, 6) is 0.767. The van der Waals surface area contributed by atoms with Crippen molar-refractivity contribution in [3.63, 3.8) is 0 Å². The Hall–Kier alpha value is -2.23. The van der Waals surface area contributed by atoms with Crippen LogP contribution in [-0.2, 0) is 6.42 Å². The number of benzene rings is 1. The summed E-state index contributed by atoms with van der Waals surface area (Å²) in [5.41, 5.74) is 9.66. The standard InChI is InChI=1S/C15H19N3O/c1-11-9-14(15(19-2)10-18-11)17-8-7-12-3-5-13(16)6-4-12/h3-6,9-10H,7-8,16H2,1-2H3,(H,17,18). The number of nitrogen functional groups attached to an aromatic ring is 1. The first kappa shape index (κ1) is 13.2. The van der Waals surface area contributed by atoms with Crippen LogP contribution in [0.3, 0.4) is 0 Å². The molecule has 0 radical (unpaired) electrons. The van der Waals surface area contributed by atoms with Crippen LogP contribution in [0.1, 0.15) is 11.3 Å². The number of aryl methyl sites for hydroxylation is 1. The van der Waals surface area contributed by atoms with E-state index in [0.717, 1.165) is 35.8 Å². The molecular weight excluding hydrogens is 238 g/mol. The fourth-order valence-electron chi connectivity index (χ4n) is 1.87. The highest BCUT2D eigenvalue weighted by Gasteiger charge is 2.03. The van der Waals surface area contributed by atoms with E-state index in [4.69, 9.17) is 10.5 Å². The molecule has 4 nitrogen and oxygen atoms in total. The zero-order valence-electron chi connectivity index (χ0n) is 11.3. The molecule has 0 unspecified atom stereocenters. The summed E-state index contributed by atoms with van der Waals surface area (Å²) in [7, 11) is 1.65. The van der Waals surface area contributed by atoms with E-state index in [1.807, 2.05) is 37.3 Å². The molecule has 0 amide bonds. The Morgan fingerprint density at radius 3 is 2.68 bits per heavy atom. The molecule has 0 aliphatic heterocycles. The average molecular weight is 257 g/mol. The van der Waals surface area contributed by atoms with E-state index in [1.54, 1.807) is 13.3 Å². The second-order valence-corrected chi connectivity index (χ2v) is 4.44. The van der Waals surface area contributed by atoms with Gasteiger partial charge in [-0.25, -0.2) is 0 Å². The fourth-order valence-corrected chi connectivity index (χ4v) is 1.87. The number of nitrogens with one attached hydrogen (secondary N) is 1. The molecule has 100 valence electrons. The van der Waals surface area contributed by atoms with Gasteiger partial charge in [0.25, 0.3) is 0 Å². The summed E-state index contributed by atoms with van der Waals surface area (Å²) in [5, 5.41) is 3.37. The molecule has 0 atom stereocenters. The zero-order valence-corrected chi connectivity index (χ0v) is 11.3. The Morgan fingerprint density at radius 1 is 1.26 bits per heavy atom. The van der Waals surface area contributed by atoms with Gasteiger partial charge in [-0.05, 0) is 37.1 Å². The van der Waals surface area contributed by atoms with Gasteiger partial charge in [-0.2, -0.15) is 0 Å². The van der Waals surface area contributed by atoms with Crippen molar-refractivity contribution in [2.24, 2.45) is 0 Å². The van der Waals surface area contributed by atoms with E-state index in [-0.39, 0.29) is 0 Å². The third kappa shape index (κ3) is 3.61. The third-order valence-corrected chi connectivity index (χ3v) is 2.93. The lowest BCUT2D eigenvalue weighted by Gasteiger charge is -2.11. The van der Waals surface area contributed by atoms with Crippen molar-refractivity contribution >= 4 is 11.4 Å². The largest absolute Gasteiger partial charge is 0.493 e. The second-order valence-electron chi connectivity index (χ2n) is 4.44. The van der Waals surface area contributed by atoms with Crippen molar-refractivity contribution in [2.45, 2.75) is 13.3 Å². The van der Waals surface area contributed by atoms with Crippen molar-refractivity contribution in [2.75, 3.05) is 24.7 Å². The number of nitrogens with two attached hydrogens (primary N) is 1. The Morgan fingerprint density at radius 2 is 2.00 bits per heavy atom. The van der Waals surface area contributed by atoms with Gasteiger partial charge in [0, 0.05) is 17.9 Å². The number of aromatic nitrogens is 1. The van der Waals surface area contributed by atoms with Crippen molar-refractivity contribution in [3.05, 3.63) is 47.8 Å². The Kier molecular flexibility index (Phi) is 4.23. The molecule has 0 aliphatic carbocycles. The molecule has 1 aromatic heterocycles. The van der Waals surface area contributed by atoms with E-state index in [1.165, 1.54) is 5.56 Å². The number of anilines is 2. The van der Waals surface area contributed by atoms with Gasteiger partial charge in [0.2, 0.25) is 0 Å². The number of methoxy groups -OCH3 is 1. The van der Waals surface area contributed by atoms with Gasteiger partial charge in [0.1, 0.15) is 0 Å². The maximum absolute atomic E-state index is 5.66. The molecule has 3 N–H and O–H groups in total. The average Bonchev–Trinajstić information content (AvgIpc) is 2.41. The van der Waals surface area contributed by atoms with Crippen molar-refractivity contribution in [1.29, 1.82) is 0 Å². The van der Waals surface area contributed by atoms with Crippen LogP contribution >= 0.6 is 0 Å². The molecule has 1 aromatic carbocycles. The van der Waals surface area contributed by atoms with Gasteiger partial charge >= 0.3 is 0 Å². The molecule has 0 spiro atoms. The minimum atomic E-state index is 0.767. The summed E-state index contributed by atoms with van der Waals surface area (Å²) in [6.45, 7) is 2.80. The lowest BCUT2D eigenvalue weighted by atomic mass is 10.1. The second kappa shape index (κ2) is 6.09. The Labute approximate surface area is 113 Å². The molecule has 19 heavy (non-hydrogen) atoms. The van der Waals surface area contributed by atoms with E-state index >= 15 is 0 Å². The van der Waals surface area contributed by atoms with Crippen LogP contribution in [0.15, 0.2) is 36.5 Å². The highest BCUT2D eigenvalue weighted by Crippen LogP contribution is 2.23. The fraction of sp³-hybridized carbons (Fsp3) is 0.267. The molecule has 4 heteroatoms. The van der Waals surface area contributed by atoms with Crippen molar-refractivity contribution < 1.29 is 4.74 Å². The van der Waals surface area contributed by atoms with Crippen LogP contribution < -0.4 is 15.8 Å². The minimum Gasteiger partial charge on any atom is -0.493 e. The number of rotatable bonds is 5. The lowest BCUT2D eigenvalue weighted by molar-refractivity contribution is 0.414. The topological polar surface area (TPSA) is 60.2 Å². The number of hydrogen-bond acceptors (Lipinski definition) is 4. The number of nitrogens with zero attached hydrogens (tertiary/aromatic N) is 1. The normalized spacial score (nSPS) is 10.2. The van der Waals surface area contributed by atoms with E-state index < -0.39 is 0 Å². The molecule has 0 aliphatic rings. The SMILES string of the molecule is COc1cnc(C)cc1NCCc1ccc(N)cc1. The smallest absolute Gasteiger partial charge is 0.160 e. The Bertz CT molecular complexity index is 538. The molecular formula is C15H19N3O. The molecule has 0 saturated heterocycles. The highest BCUT2D eigenvalue weighted by atomic mass is 16.5. The molecule has 2 rings (SSSR count). The van der Waals surface area contributed by atoms with Crippen molar-refractivity contribution in [3.8, 4) is 5.75 Å². The first-order chi connectivity index (χ1) is 9.19. The first-order valence-corrected chi connectivity index (χ1v) is 6.28. The van der Waals surface area contributed by atoms with Gasteiger partial charge in [-0.15, -0.1) is 0 Å². The van der Waals surface area contributed by atoms with Gasteiger partial charge in [-0.3, -0.25) is 4.98 Å². The number of pyridine rings is 1. The van der Waals surface area contributed by atoms with Crippen molar-refractivity contribution in [1.82, 2.24) is 4.98 Å². The van der Waals surface area contributed by atoms with Gasteiger partial charge in [-0.1, -0.05) is 12.1 Å². The Balaban J connectivity index is 1.95. The summed E-state index contributed by atoms with van der Waals surface area (Å²) < 4.78 is 5.28. The van der Waals surface area contributed by atoms with Crippen LogP contribution in [0.4, 0.5) is 11.4 Å². The molecule has 0 saturated carbocycles. The third-order valence-electron chi connectivity index (χ3n) is 2.93. The minimum absolute atomic E-state index is 0.767. The molecule has 0 fully saturated rings. The predicted molar refractivity (Wildman–Crippen MR) is 78.6 cm³/mol. The summed E-state index contributed by atoms with van der Waals surface area (Å²) >= 11 is 0. The predicted octanol–water partition coefficient (Wildman–Crippen LogP) is 2.64. The zero-order chi connectivity index (χ0) is 13.7. The maximum atomic E-state index is 5.66. The van der Waals surface area contributed by atoms with Crippen LogP contribution in [-0.4, -0.2) is 18.6 Å². The maximum Gasteiger partial charge on any atom is 0.160 e. The summed E-state index contributed by atoms with van der Waals surface area (Å²) in [4.78, 5) is 4.21. The van der Waals surface area contributed by atoms with Crippen LogP contribution in [0.2, 0.25) is 0 Å². The van der Waals surface area contributed by atoms with Gasteiger partial charge in [0.05, 0.1) is 19.0 Å². The van der Waals surface area contributed by atoms with Crippen LogP contribution in [0, 0.1) is 6.92 Å². The number of hydrogen-bond donors (Lipinski definition) is 2. The van der Waals surface area contributed by atoms with Gasteiger partial charge < -0.3 is 15.8 Å². The van der Waals surface area contributed by atoms with Gasteiger partial charge in [0.15, 0.2) is 5.75 Å². The quantitative estimate of drug-likeness (QED) is 0.808. The number of ether oxygens (including phenoxy) is 1. The lowest BCUT2D eigenvalue weighted by Crippen LogP contribution is -2.06. The first-order valence-electron chi connectivity index (χ1n) is 6.28. The summed E-state index contributed by atoms with van der Waals surface area (Å²) in [6.07, 6.45) is 2.67. The molecule has 1 heterocycles. The molecule has 2 aromatic rings. The van der Waals surface area contributed by atoms with E-state index in [9.17, 15) is 0 Å². The van der Waals surface area contributed by atoms with E-state index in [2.05, 4.69) is 10.3 Å². The van der Waals surface area contributed by atoms with Crippen LogP contribution in [0.25, 0.3) is 0 Å². The van der Waals surface area contributed by atoms with Crippen LogP contribution in [0.5, 0.6) is 5.75 Å².